The summed E-state index contributed by atoms with van der Waals surface area (Å²) in [6, 6.07) is 8.67. The number of ether oxygens (including phenoxy) is 1. The van der Waals surface area contributed by atoms with Crippen molar-refractivity contribution >= 4 is 5.91 Å². The molecule has 1 aliphatic rings. The van der Waals surface area contributed by atoms with Crippen molar-refractivity contribution in [1.29, 1.82) is 0 Å². The van der Waals surface area contributed by atoms with Gasteiger partial charge >= 0.3 is 0 Å². The molecule has 1 aliphatic heterocycles. The number of amides is 1. The Labute approximate surface area is 133 Å². The molecule has 122 valence electrons. The van der Waals surface area contributed by atoms with Gasteiger partial charge in [0.05, 0.1) is 13.2 Å². The molecule has 1 heterocycles. The molecule has 5 heteroatoms. The van der Waals surface area contributed by atoms with E-state index in [-0.39, 0.29) is 5.91 Å². The highest BCUT2D eigenvalue weighted by Crippen LogP contribution is 2.18. The summed E-state index contributed by atoms with van der Waals surface area (Å²) in [6.07, 6.45) is 2.12. The zero-order valence-corrected chi connectivity index (χ0v) is 13.4. The molecule has 22 heavy (non-hydrogen) atoms. The van der Waals surface area contributed by atoms with Crippen molar-refractivity contribution in [1.82, 2.24) is 15.5 Å². The van der Waals surface area contributed by atoms with Gasteiger partial charge in [0.25, 0.3) is 0 Å². The number of rotatable bonds is 9. The van der Waals surface area contributed by atoms with Crippen LogP contribution >= 0.6 is 0 Å². The van der Waals surface area contributed by atoms with Crippen molar-refractivity contribution in [2.24, 2.45) is 0 Å². The predicted molar refractivity (Wildman–Crippen MR) is 87.8 cm³/mol. The summed E-state index contributed by atoms with van der Waals surface area (Å²) < 4.78 is 4.91. The van der Waals surface area contributed by atoms with E-state index in [1.807, 2.05) is 0 Å². The Bertz CT molecular complexity index is 465. The fourth-order valence-electron chi connectivity index (χ4n) is 2.71. The van der Waals surface area contributed by atoms with Gasteiger partial charge in [0, 0.05) is 39.8 Å². The standard InChI is InChI=1S/C17H27N3O2/c1-22-12-9-18-13-17(21)19-8-4-10-20-11-7-15-5-2-3-6-16(15)14-20/h2-3,5-6,18H,4,7-14H2,1H3,(H,19,21). The second-order valence-electron chi connectivity index (χ2n) is 5.67. The van der Waals surface area contributed by atoms with Gasteiger partial charge in [-0.25, -0.2) is 0 Å². The topological polar surface area (TPSA) is 53.6 Å². The first-order chi connectivity index (χ1) is 10.8. The first-order valence-electron chi connectivity index (χ1n) is 8.05. The minimum absolute atomic E-state index is 0.0556. The van der Waals surface area contributed by atoms with Crippen LogP contribution in [-0.4, -0.2) is 57.2 Å². The van der Waals surface area contributed by atoms with Crippen molar-refractivity contribution < 1.29 is 9.53 Å². The van der Waals surface area contributed by atoms with Crippen LogP contribution in [0.15, 0.2) is 24.3 Å². The minimum Gasteiger partial charge on any atom is -0.383 e. The zero-order chi connectivity index (χ0) is 15.6. The van der Waals surface area contributed by atoms with Gasteiger partial charge in [0.15, 0.2) is 0 Å². The molecule has 0 bridgehead atoms. The molecule has 0 spiro atoms. The Balaban J connectivity index is 1.55. The molecule has 2 N–H and O–H groups in total. The van der Waals surface area contributed by atoms with Gasteiger partial charge in [-0.2, -0.15) is 0 Å². The molecule has 0 fully saturated rings. The Morgan fingerprint density at radius 2 is 2.09 bits per heavy atom. The lowest BCUT2D eigenvalue weighted by Gasteiger charge is -2.28. The zero-order valence-electron chi connectivity index (χ0n) is 13.4. The SMILES string of the molecule is COCCNCC(=O)NCCCN1CCc2ccccc2C1. The number of carbonyl (C=O) groups is 1. The smallest absolute Gasteiger partial charge is 0.233 e. The van der Waals surface area contributed by atoms with Gasteiger partial charge in [0.2, 0.25) is 5.91 Å². The molecule has 0 saturated carbocycles. The summed E-state index contributed by atoms with van der Waals surface area (Å²) in [4.78, 5) is 14.1. The fraction of sp³-hybridized carbons (Fsp3) is 0.588. The maximum atomic E-state index is 11.6. The van der Waals surface area contributed by atoms with E-state index in [2.05, 4.69) is 39.8 Å². The normalized spacial score (nSPS) is 14.6. The van der Waals surface area contributed by atoms with Crippen molar-refractivity contribution in [3.8, 4) is 0 Å². The maximum absolute atomic E-state index is 11.6. The highest BCUT2D eigenvalue weighted by atomic mass is 16.5. The Hall–Kier alpha value is -1.43. The largest absolute Gasteiger partial charge is 0.383 e. The van der Waals surface area contributed by atoms with Gasteiger partial charge in [-0.1, -0.05) is 24.3 Å². The molecule has 1 amide bonds. The number of hydrogen-bond donors (Lipinski definition) is 2. The molecule has 1 aromatic rings. The first-order valence-corrected chi connectivity index (χ1v) is 8.05. The van der Waals surface area contributed by atoms with Crippen molar-refractivity contribution in [3.05, 3.63) is 35.4 Å². The number of benzene rings is 1. The summed E-state index contributed by atoms with van der Waals surface area (Å²) in [5.74, 6) is 0.0556. The second-order valence-corrected chi connectivity index (χ2v) is 5.67. The Kier molecular flexibility index (Phi) is 7.36. The predicted octanol–water partition coefficient (Wildman–Crippen LogP) is 0.787. The molecule has 0 saturated heterocycles. The third-order valence-electron chi connectivity index (χ3n) is 3.95. The average molecular weight is 305 g/mol. The summed E-state index contributed by atoms with van der Waals surface area (Å²) in [5, 5.41) is 5.99. The van der Waals surface area contributed by atoms with Crippen LogP contribution in [0.2, 0.25) is 0 Å². The molecule has 0 aromatic heterocycles. The van der Waals surface area contributed by atoms with Crippen LogP contribution in [0.4, 0.5) is 0 Å². The molecule has 0 atom stereocenters. The lowest BCUT2D eigenvalue weighted by atomic mass is 10.00. The van der Waals surface area contributed by atoms with Gasteiger partial charge in [-0.3, -0.25) is 9.69 Å². The Morgan fingerprint density at radius 1 is 1.27 bits per heavy atom. The van der Waals surface area contributed by atoms with E-state index in [0.29, 0.717) is 19.7 Å². The lowest BCUT2D eigenvalue weighted by Crippen LogP contribution is -2.37. The molecular weight excluding hydrogens is 278 g/mol. The van der Waals surface area contributed by atoms with Gasteiger partial charge in [-0.15, -0.1) is 0 Å². The summed E-state index contributed by atoms with van der Waals surface area (Å²) in [7, 11) is 1.65. The summed E-state index contributed by atoms with van der Waals surface area (Å²) in [6.45, 7) is 5.61. The van der Waals surface area contributed by atoms with Gasteiger partial charge in [-0.05, 0) is 24.0 Å². The highest BCUT2D eigenvalue weighted by molar-refractivity contribution is 5.77. The molecule has 0 aliphatic carbocycles. The molecule has 0 radical (unpaired) electrons. The van der Waals surface area contributed by atoms with Gasteiger partial charge in [0.1, 0.15) is 0 Å². The summed E-state index contributed by atoms with van der Waals surface area (Å²) in [5.41, 5.74) is 2.93. The third kappa shape index (κ3) is 5.75. The van der Waals surface area contributed by atoms with E-state index in [1.54, 1.807) is 7.11 Å². The van der Waals surface area contributed by atoms with E-state index < -0.39 is 0 Å². The quantitative estimate of drug-likeness (QED) is 0.662. The van der Waals surface area contributed by atoms with Crippen LogP contribution in [0.1, 0.15) is 17.5 Å². The molecule has 2 rings (SSSR count). The van der Waals surface area contributed by atoms with Crippen molar-refractivity contribution in [2.45, 2.75) is 19.4 Å². The van der Waals surface area contributed by atoms with E-state index >= 15 is 0 Å². The fourth-order valence-corrected chi connectivity index (χ4v) is 2.71. The van der Waals surface area contributed by atoms with Crippen molar-refractivity contribution in [2.75, 3.05) is 46.4 Å². The third-order valence-corrected chi connectivity index (χ3v) is 3.95. The summed E-state index contributed by atoms with van der Waals surface area (Å²) >= 11 is 0. The molecule has 5 nitrogen and oxygen atoms in total. The monoisotopic (exact) mass is 305 g/mol. The van der Waals surface area contributed by atoms with Crippen LogP contribution in [0.3, 0.4) is 0 Å². The number of carbonyl (C=O) groups excluding carboxylic acids is 1. The van der Waals surface area contributed by atoms with E-state index in [1.165, 1.54) is 11.1 Å². The number of nitrogens with one attached hydrogen (secondary N) is 2. The van der Waals surface area contributed by atoms with E-state index in [0.717, 1.165) is 39.0 Å². The maximum Gasteiger partial charge on any atom is 0.233 e. The minimum atomic E-state index is 0.0556. The second kappa shape index (κ2) is 9.56. The number of fused-ring (bicyclic) bond motifs is 1. The van der Waals surface area contributed by atoms with E-state index in [9.17, 15) is 4.79 Å². The van der Waals surface area contributed by atoms with Crippen LogP contribution in [0, 0.1) is 0 Å². The van der Waals surface area contributed by atoms with Crippen LogP contribution in [0.25, 0.3) is 0 Å². The Morgan fingerprint density at radius 3 is 2.91 bits per heavy atom. The number of methoxy groups -OCH3 is 1. The first kappa shape index (κ1) is 16.9. The number of hydrogen-bond acceptors (Lipinski definition) is 4. The lowest BCUT2D eigenvalue weighted by molar-refractivity contribution is -0.120. The highest BCUT2D eigenvalue weighted by Gasteiger charge is 2.14. The van der Waals surface area contributed by atoms with Crippen LogP contribution in [-0.2, 0) is 22.5 Å². The molecule has 1 aromatic carbocycles. The molecular formula is C17H27N3O2. The van der Waals surface area contributed by atoms with Crippen molar-refractivity contribution in [3.63, 3.8) is 0 Å². The molecule has 0 unspecified atom stereocenters. The van der Waals surface area contributed by atoms with Crippen LogP contribution in [0.5, 0.6) is 0 Å². The van der Waals surface area contributed by atoms with Crippen LogP contribution < -0.4 is 10.6 Å². The van der Waals surface area contributed by atoms with Gasteiger partial charge < -0.3 is 15.4 Å². The van der Waals surface area contributed by atoms with E-state index in [4.69, 9.17) is 4.74 Å². The number of nitrogens with zero attached hydrogens (tertiary/aromatic N) is 1. The average Bonchev–Trinajstić information content (AvgIpc) is 2.55.